The van der Waals surface area contributed by atoms with Crippen LogP contribution in [-0.4, -0.2) is 44.9 Å². The lowest BCUT2D eigenvalue weighted by molar-refractivity contribution is 0.300. The molecule has 0 aliphatic rings. The molecule has 0 N–H and O–H groups in total. The molecule has 7 heteroatoms. The van der Waals surface area contributed by atoms with E-state index in [1.807, 2.05) is 13.8 Å². The molecule has 0 heterocycles. The average molecular weight is 298 g/mol. The fraction of sp³-hybridized carbons (Fsp3) is 0.538. The van der Waals surface area contributed by atoms with Crippen LogP contribution in [-0.2, 0) is 10.0 Å². The molecule has 0 saturated carbocycles. The van der Waals surface area contributed by atoms with Crippen LogP contribution >= 0.6 is 0 Å². The largest absolute Gasteiger partial charge is 0.279 e. The van der Waals surface area contributed by atoms with Crippen molar-refractivity contribution in [2.45, 2.75) is 25.7 Å². The standard InChI is InChI=1S/C13H22N4O2S/c1-6-17(7-2)15-14-12-9-8-11(3)13(10-12)20(18,19)16(4)5/h8-10H,6-7H2,1-5H3. The van der Waals surface area contributed by atoms with Crippen LogP contribution in [0.4, 0.5) is 5.69 Å². The Morgan fingerprint density at radius 3 is 2.25 bits per heavy atom. The summed E-state index contributed by atoms with van der Waals surface area (Å²) in [7, 11) is -0.436. The Labute approximate surface area is 121 Å². The third-order valence-electron chi connectivity index (χ3n) is 2.95. The zero-order valence-electron chi connectivity index (χ0n) is 12.7. The highest BCUT2D eigenvalue weighted by atomic mass is 32.2. The summed E-state index contributed by atoms with van der Waals surface area (Å²) in [5, 5.41) is 9.96. The maximum atomic E-state index is 12.2. The van der Waals surface area contributed by atoms with Gasteiger partial charge in [-0.3, -0.25) is 5.01 Å². The lowest BCUT2D eigenvalue weighted by atomic mass is 10.2. The van der Waals surface area contributed by atoms with Gasteiger partial charge in [-0.15, -0.1) is 5.11 Å². The summed E-state index contributed by atoms with van der Waals surface area (Å²) in [5.41, 5.74) is 1.23. The normalized spacial score (nSPS) is 12.3. The smallest absolute Gasteiger partial charge is 0.242 e. The Bertz CT molecular complexity index is 578. The Balaban J connectivity index is 3.16. The molecule has 0 aromatic heterocycles. The second-order valence-electron chi connectivity index (χ2n) is 4.57. The van der Waals surface area contributed by atoms with Crippen molar-refractivity contribution in [3.05, 3.63) is 23.8 Å². The Hall–Kier alpha value is -1.47. The summed E-state index contributed by atoms with van der Waals surface area (Å²) in [4.78, 5) is 0.262. The molecule has 0 saturated heterocycles. The van der Waals surface area contributed by atoms with Gasteiger partial charge in [-0.05, 0) is 38.5 Å². The number of benzene rings is 1. The fourth-order valence-electron chi connectivity index (χ4n) is 1.59. The molecule has 0 atom stereocenters. The number of rotatable bonds is 6. The zero-order valence-corrected chi connectivity index (χ0v) is 13.5. The van der Waals surface area contributed by atoms with E-state index in [0.717, 1.165) is 13.1 Å². The van der Waals surface area contributed by atoms with Crippen molar-refractivity contribution < 1.29 is 8.42 Å². The van der Waals surface area contributed by atoms with Crippen molar-refractivity contribution in [1.29, 1.82) is 0 Å². The lowest BCUT2D eigenvalue weighted by Gasteiger charge is -2.14. The lowest BCUT2D eigenvalue weighted by Crippen LogP contribution is -2.22. The highest BCUT2D eigenvalue weighted by Crippen LogP contribution is 2.24. The van der Waals surface area contributed by atoms with E-state index >= 15 is 0 Å². The van der Waals surface area contributed by atoms with Crippen LogP contribution in [0.1, 0.15) is 19.4 Å². The van der Waals surface area contributed by atoms with Crippen molar-refractivity contribution in [2.75, 3.05) is 27.2 Å². The van der Waals surface area contributed by atoms with Crippen LogP contribution in [0.25, 0.3) is 0 Å². The van der Waals surface area contributed by atoms with Gasteiger partial charge in [0.15, 0.2) is 0 Å². The van der Waals surface area contributed by atoms with Gasteiger partial charge in [0.1, 0.15) is 0 Å². The molecule has 0 radical (unpaired) electrons. The van der Waals surface area contributed by atoms with Crippen molar-refractivity contribution in [3.8, 4) is 0 Å². The van der Waals surface area contributed by atoms with E-state index in [4.69, 9.17) is 0 Å². The molecular weight excluding hydrogens is 276 g/mol. The van der Waals surface area contributed by atoms with E-state index in [-0.39, 0.29) is 4.90 Å². The molecule has 0 unspecified atom stereocenters. The number of nitrogens with zero attached hydrogens (tertiary/aromatic N) is 4. The Morgan fingerprint density at radius 1 is 1.15 bits per heavy atom. The fourth-order valence-corrected chi connectivity index (χ4v) is 2.73. The molecular formula is C13H22N4O2S. The van der Waals surface area contributed by atoms with E-state index in [9.17, 15) is 8.42 Å². The van der Waals surface area contributed by atoms with E-state index < -0.39 is 10.0 Å². The van der Waals surface area contributed by atoms with E-state index in [2.05, 4.69) is 10.3 Å². The molecule has 1 aromatic carbocycles. The average Bonchev–Trinajstić information content (AvgIpc) is 2.41. The predicted octanol–water partition coefficient (Wildman–Crippen LogP) is 2.59. The number of hydrogen-bond donors (Lipinski definition) is 0. The summed E-state index contributed by atoms with van der Waals surface area (Å²) < 4.78 is 25.6. The monoisotopic (exact) mass is 298 g/mol. The van der Waals surface area contributed by atoms with Gasteiger partial charge in [-0.1, -0.05) is 11.3 Å². The Morgan fingerprint density at radius 2 is 1.75 bits per heavy atom. The molecule has 20 heavy (non-hydrogen) atoms. The number of aryl methyl sites for hydroxylation is 1. The van der Waals surface area contributed by atoms with E-state index in [1.54, 1.807) is 30.1 Å². The highest BCUT2D eigenvalue weighted by Gasteiger charge is 2.20. The van der Waals surface area contributed by atoms with Gasteiger partial charge in [0.05, 0.1) is 10.6 Å². The van der Waals surface area contributed by atoms with E-state index in [1.165, 1.54) is 18.4 Å². The maximum absolute atomic E-state index is 12.2. The van der Waals surface area contributed by atoms with Crippen molar-refractivity contribution in [1.82, 2.24) is 9.31 Å². The molecule has 0 amide bonds. The maximum Gasteiger partial charge on any atom is 0.242 e. The molecule has 1 aromatic rings. The quantitative estimate of drug-likeness (QED) is 0.599. The zero-order chi connectivity index (χ0) is 15.3. The second-order valence-corrected chi connectivity index (χ2v) is 6.69. The summed E-state index contributed by atoms with van der Waals surface area (Å²) in [6.07, 6.45) is 0. The summed E-state index contributed by atoms with van der Waals surface area (Å²) in [6, 6.07) is 5.06. The summed E-state index contributed by atoms with van der Waals surface area (Å²) in [6.45, 7) is 7.25. The topological polar surface area (TPSA) is 65.3 Å². The molecule has 0 aliphatic carbocycles. The second kappa shape index (κ2) is 6.81. The van der Waals surface area contributed by atoms with Gasteiger partial charge in [0.25, 0.3) is 0 Å². The molecule has 0 bridgehead atoms. The first-order valence-electron chi connectivity index (χ1n) is 6.52. The first-order chi connectivity index (χ1) is 9.32. The molecule has 0 aliphatic heterocycles. The molecule has 112 valence electrons. The van der Waals surface area contributed by atoms with Crippen molar-refractivity contribution >= 4 is 15.7 Å². The first-order valence-corrected chi connectivity index (χ1v) is 7.96. The van der Waals surface area contributed by atoms with Crippen LogP contribution in [0, 0.1) is 6.92 Å². The van der Waals surface area contributed by atoms with Gasteiger partial charge in [-0.25, -0.2) is 12.7 Å². The van der Waals surface area contributed by atoms with Gasteiger partial charge >= 0.3 is 0 Å². The van der Waals surface area contributed by atoms with Crippen LogP contribution in [0.2, 0.25) is 0 Å². The van der Waals surface area contributed by atoms with Crippen LogP contribution in [0.5, 0.6) is 0 Å². The number of sulfonamides is 1. The van der Waals surface area contributed by atoms with E-state index in [0.29, 0.717) is 11.3 Å². The summed E-state index contributed by atoms with van der Waals surface area (Å²) >= 11 is 0. The third kappa shape index (κ3) is 3.77. The minimum atomic E-state index is -3.46. The van der Waals surface area contributed by atoms with Crippen molar-refractivity contribution in [3.63, 3.8) is 0 Å². The predicted molar refractivity (Wildman–Crippen MR) is 79.5 cm³/mol. The van der Waals surface area contributed by atoms with Gasteiger partial charge in [0.2, 0.25) is 10.0 Å². The highest BCUT2D eigenvalue weighted by molar-refractivity contribution is 7.89. The minimum Gasteiger partial charge on any atom is -0.279 e. The molecule has 0 fully saturated rings. The number of hydrogen-bond acceptors (Lipinski definition) is 4. The van der Waals surface area contributed by atoms with Gasteiger partial charge in [-0.2, -0.15) is 0 Å². The summed E-state index contributed by atoms with van der Waals surface area (Å²) in [5.74, 6) is 0. The molecule has 1 rings (SSSR count). The van der Waals surface area contributed by atoms with Gasteiger partial charge in [0, 0.05) is 27.2 Å². The van der Waals surface area contributed by atoms with Gasteiger partial charge < -0.3 is 0 Å². The molecule has 0 spiro atoms. The van der Waals surface area contributed by atoms with Crippen molar-refractivity contribution in [2.24, 2.45) is 10.3 Å². The first kappa shape index (κ1) is 16.6. The minimum absolute atomic E-state index is 0.262. The van der Waals surface area contributed by atoms with Crippen LogP contribution < -0.4 is 0 Å². The van der Waals surface area contributed by atoms with Crippen LogP contribution in [0.3, 0.4) is 0 Å². The Kier molecular flexibility index (Phi) is 5.64. The SMILES string of the molecule is CCN(CC)N=Nc1ccc(C)c(S(=O)(=O)N(C)C)c1. The van der Waals surface area contributed by atoms with Crippen LogP contribution in [0.15, 0.2) is 33.4 Å². The third-order valence-corrected chi connectivity index (χ3v) is 4.90. The molecule has 6 nitrogen and oxygen atoms in total.